The van der Waals surface area contributed by atoms with E-state index in [1.54, 1.807) is 12.1 Å². The maximum absolute atomic E-state index is 12.6. The highest BCUT2D eigenvalue weighted by Crippen LogP contribution is 2.37. The lowest BCUT2D eigenvalue weighted by molar-refractivity contribution is -0.116. The van der Waals surface area contributed by atoms with Gasteiger partial charge in [0.2, 0.25) is 12.7 Å². The van der Waals surface area contributed by atoms with E-state index >= 15 is 0 Å². The van der Waals surface area contributed by atoms with Crippen LogP contribution < -0.4 is 14.8 Å². The quantitative estimate of drug-likeness (QED) is 0.731. The maximum atomic E-state index is 12.6. The van der Waals surface area contributed by atoms with Gasteiger partial charge in [0.15, 0.2) is 17.3 Å². The van der Waals surface area contributed by atoms with Crippen molar-refractivity contribution < 1.29 is 19.1 Å². The average Bonchev–Trinajstić information content (AvgIpc) is 3.18. The molecule has 4 rings (SSSR count). The number of benzene rings is 2. The molecule has 2 aromatic carbocycles. The van der Waals surface area contributed by atoms with E-state index in [9.17, 15) is 9.59 Å². The summed E-state index contributed by atoms with van der Waals surface area (Å²) in [7, 11) is 0. The minimum Gasteiger partial charge on any atom is -0.454 e. The normalized spacial score (nSPS) is 12.4. The van der Waals surface area contributed by atoms with E-state index in [1.807, 2.05) is 41.8 Å². The van der Waals surface area contributed by atoms with Gasteiger partial charge in [0, 0.05) is 22.8 Å². The summed E-state index contributed by atoms with van der Waals surface area (Å²) >= 11 is 0. The second-order valence-corrected chi connectivity index (χ2v) is 6.29. The summed E-state index contributed by atoms with van der Waals surface area (Å²) in [4.78, 5) is 24.6. The van der Waals surface area contributed by atoms with Gasteiger partial charge in [-0.3, -0.25) is 9.59 Å². The molecule has 6 heteroatoms. The summed E-state index contributed by atoms with van der Waals surface area (Å²) < 4.78 is 12.6. The number of nitrogens with zero attached hydrogens (tertiary/aromatic N) is 1. The molecular formula is C20H18N2O4. The fourth-order valence-corrected chi connectivity index (χ4v) is 3.23. The maximum Gasteiger partial charge on any atom is 0.244 e. The zero-order valence-electron chi connectivity index (χ0n) is 14.5. The highest BCUT2D eigenvalue weighted by molar-refractivity contribution is 6.04. The van der Waals surface area contributed by atoms with E-state index in [-0.39, 0.29) is 25.0 Å². The summed E-state index contributed by atoms with van der Waals surface area (Å²) in [5.74, 6) is 0.672. The lowest BCUT2D eigenvalue weighted by atomic mass is 10.1. The van der Waals surface area contributed by atoms with Crippen LogP contribution in [-0.2, 0) is 11.3 Å². The van der Waals surface area contributed by atoms with Crippen LogP contribution in [0.15, 0.2) is 42.5 Å². The number of nitrogens with one attached hydrogen (secondary N) is 1. The molecule has 26 heavy (non-hydrogen) atoms. The van der Waals surface area contributed by atoms with E-state index in [2.05, 4.69) is 5.32 Å². The number of hydrogen-bond donors (Lipinski definition) is 1. The van der Waals surface area contributed by atoms with Crippen molar-refractivity contribution in [3.8, 4) is 11.5 Å². The van der Waals surface area contributed by atoms with Gasteiger partial charge in [0.05, 0.1) is 5.69 Å². The molecule has 1 aromatic heterocycles. The van der Waals surface area contributed by atoms with Crippen molar-refractivity contribution in [3.05, 3.63) is 53.7 Å². The van der Waals surface area contributed by atoms with Crippen LogP contribution in [0.5, 0.6) is 11.5 Å². The molecule has 0 radical (unpaired) electrons. The molecule has 0 unspecified atom stereocenters. The molecule has 3 aromatic rings. The first kappa shape index (κ1) is 16.2. The molecule has 1 N–H and O–H groups in total. The SMILES string of the molecule is CC(=O)c1cc2c(cc1NC(=O)Cn1c(C)cc3ccccc31)OCO2. The molecule has 0 spiro atoms. The second-order valence-electron chi connectivity index (χ2n) is 6.29. The topological polar surface area (TPSA) is 69.6 Å². The molecule has 0 atom stereocenters. The largest absolute Gasteiger partial charge is 0.454 e. The van der Waals surface area contributed by atoms with Gasteiger partial charge in [-0.15, -0.1) is 0 Å². The molecular weight excluding hydrogens is 332 g/mol. The number of fused-ring (bicyclic) bond motifs is 2. The Kier molecular flexibility index (Phi) is 3.88. The number of aryl methyl sites for hydroxylation is 1. The number of carbonyl (C=O) groups is 2. The van der Waals surface area contributed by atoms with Crippen LogP contribution in [0.4, 0.5) is 5.69 Å². The lowest BCUT2D eigenvalue weighted by Crippen LogP contribution is -2.20. The average molecular weight is 350 g/mol. The zero-order chi connectivity index (χ0) is 18.3. The molecule has 1 aliphatic heterocycles. The van der Waals surface area contributed by atoms with E-state index < -0.39 is 0 Å². The highest BCUT2D eigenvalue weighted by atomic mass is 16.7. The van der Waals surface area contributed by atoms with E-state index in [1.165, 1.54) is 6.92 Å². The molecule has 1 aliphatic rings. The molecule has 6 nitrogen and oxygen atoms in total. The van der Waals surface area contributed by atoms with Crippen LogP contribution in [0.3, 0.4) is 0 Å². The van der Waals surface area contributed by atoms with Crippen molar-refractivity contribution in [2.45, 2.75) is 20.4 Å². The standard InChI is InChI=1S/C20H18N2O4/c1-12-7-14-5-3-4-6-17(14)22(12)10-20(24)21-16-9-19-18(25-11-26-19)8-15(16)13(2)23/h3-9H,10-11H2,1-2H3,(H,21,24). The number of rotatable bonds is 4. The molecule has 0 saturated heterocycles. The van der Waals surface area contributed by atoms with Crippen molar-refractivity contribution in [2.75, 3.05) is 12.1 Å². The Morgan fingerprint density at radius 1 is 1.12 bits per heavy atom. The second kappa shape index (κ2) is 6.22. The molecule has 2 heterocycles. The minimum absolute atomic E-state index is 0.110. The van der Waals surface area contributed by atoms with Gasteiger partial charge in [0.1, 0.15) is 6.54 Å². The Morgan fingerprint density at radius 2 is 1.85 bits per heavy atom. The molecule has 1 amide bonds. The Hall–Kier alpha value is -3.28. The van der Waals surface area contributed by atoms with Crippen LogP contribution in [0.25, 0.3) is 10.9 Å². The lowest BCUT2D eigenvalue weighted by Gasteiger charge is -2.12. The number of hydrogen-bond acceptors (Lipinski definition) is 4. The van der Waals surface area contributed by atoms with Crippen molar-refractivity contribution in [3.63, 3.8) is 0 Å². The van der Waals surface area contributed by atoms with Gasteiger partial charge in [0.25, 0.3) is 0 Å². The van der Waals surface area contributed by atoms with Crippen LogP contribution in [0, 0.1) is 6.92 Å². The number of Topliss-reactive ketones (excluding diaryl/α,β-unsaturated/α-hetero) is 1. The number of anilines is 1. The van der Waals surface area contributed by atoms with Gasteiger partial charge < -0.3 is 19.4 Å². The summed E-state index contributed by atoms with van der Waals surface area (Å²) in [6, 6.07) is 13.2. The van der Waals surface area contributed by atoms with Crippen molar-refractivity contribution >= 4 is 28.3 Å². The van der Waals surface area contributed by atoms with Crippen molar-refractivity contribution in [1.29, 1.82) is 0 Å². The zero-order valence-corrected chi connectivity index (χ0v) is 14.5. The molecule has 0 aliphatic carbocycles. The van der Waals surface area contributed by atoms with Crippen molar-refractivity contribution in [1.82, 2.24) is 4.57 Å². The number of para-hydroxylation sites is 1. The van der Waals surface area contributed by atoms with Gasteiger partial charge in [-0.1, -0.05) is 18.2 Å². The van der Waals surface area contributed by atoms with Gasteiger partial charge in [-0.2, -0.15) is 0 Å². The smallest absolute Gasteiger partial charge is 0.244 e. The monoisotopic (exact) mass is 350 g/mol. The third-order valence-electron chi connectivity index (χ3n) is 4.49. The highest BCUT2D eigenvalue weighted by Gasteiger charge is 2.20. The van der Waals surface area contributed by atoms with Gasteiger partial charge in [-0.25, -0.2) is 0 Å². The van der Waals surface area contributed by atoms with Crippen LogP contribution in [0.2, 0.25) is 0 Å². The first-order chi connectivity index (χ1) is 12.5. The molecule has 132 valence electrons. The number of aromatic nitrogens is 1. The minimum atomic E-state index is -0.212. The van der Waals surface area contributed by atoms with Crippen LogP contribution in [-0.4, -0.2) is 23.1 Å². The third kappa shape index (κ3) is 2.79. The first-order valence-electron chi connectivity index (χ1n) is 8.32. The fraction of sp³-hybridized carbons (Fsp3) is 0.200. The predicted octanol–water partition coefficient (Wildman–Crippen LogP) is 3.52. The molecule has 0 fully saturated rings. The third-order valence-corrected chi connectivity index (χ3v) is 4.49. The summed E-state index contributed by atoms with van der Waals surface area (Å²) in [5, 5.41) is 3.92. The van der Waals surface area contributed by atoms with E-state index in [0.717, 1.165) is 16.6 Å². The number of carbonyl (C=O) groups excluding carboxylic acids is 2. The Labute approximate surface area is 150 Å². The van der Waals surface area contributed by atoms with E-state index in [0.29, 0.717) is 22.7 Å². The Balaban J connectivity index is 1.62. The van der Waals surface area contributed by atoms with Gasteiger partial charge in [-0.05, 0) is 37.4 Å². The fourth-order valence-electron chi connectivity index (χ4n) is 3.23. The molecule has 0 saturated carbocycles. The van der Waals surface area contributed by atoms with E-state index in [4.69, 9.17) is 9.47 Å². The van der Waals surface area contributed by atoms with Crippen LogP contribution >= 0.6 is 0 Å². The summed E-state index contributed by atoms with van der Waals surface area (Å²) in [6.45, 7) is 3.69. The summed E-state index contributed by atoms with van der Waals surface area (Å²) in [6.07, 6.45) is 0. The predicted molar refractivity (Wildman–Crippen MR) is 97.9 cm³/mol. The molecule has 0 bridgehead atoms. The van der Waals surface area contributed by atoms with Crippen molar-refractivity contribution in [2.24, 2.45) is 0 Å². The Morgan fingerprint density at radius 3 is 2.62 bits per heavy atom. The number of ether oxygens (including phenoxy) is 2. The van der Waals surface area contributed by atoms with Crippen LogP contribution in [0.1, 0.15) is 23.0 Å². The van der Waals surface area contributed by atoms with Gasteiger partial charge >= 0.3 is 0 Å². The first-order valence-corrected chi connectivity index (χ1v) is 8.32. The number of ketones is 1. The Bertz CT molecular complexity index is 1040. The number of amides is 1. The summed E-state index contributed by atoms with van der Waals surface area (Å²) in [5.41, 5.74) is 2.83.